The van der Waals surface area contributed by atoms with E-state index in [1.54, 1.807) is 49.4 Å². The lowest BCUT2D eigenvalue weighted by Gasteiger charge is -2.15. The summed E-state index contributed by atoms with van der Waals surface area (Å²) in [5, 5.41) is 5.91. The molecule has 0 heterocycles. The fourth-order valence-electron chi connectivity index (χ4n) is 2.24. The van der Waals surface area contributed by atoms with Crippen LogP contribution in [-0.2, 0) is 20.9 Å². The van der Waals surface area contributed by atoms with Gasteiger partial charge in [-0.3, -0.25) is 9.59 Å². The number of nitrogens with one attached hydrogen (secondary N) is 2. The molecule has 0 spiro atoms. The number of esters is 1. The van der Waals surface area contributed by atoms with Crippen LogP contribution in [0, 0.1) is 6.92 Å². The highest BCUT2D eigenvalue weighted by atomic mass is 35.5. The molecule has 7 heteroatoms. The van der Waals surface area contributed by atoms with Crippen LogP contribution in [0.15, 0.2) is 42.5 Å². The van der Waals surface area contributed by atoms with Crippen molar-refractivity contribution in [2.45, 2.75) is 33.4 Å². The zero-order valence-electron chi connectivity index (χ0n) is 15.3. The molecule has 0 aromatic heterocycles. The van der Waals surface area contributed by atoms with Crippen LogP contribution < -0.4 is 10.6 Å². The molecule has 0 saturated heterocycles. The fourth-order valence-corrected chi connectivity index (χ4v) is 2.42. The molecule has 0 bridgehead atoms. The third-order valence-electron chi connectivity index (χ3n) is 3.91. The molecule has 142 valence electrons. The minimum Gasteiger partial charge on any atom is -0.449 e. The maximum absolute atomic E-state index is 12.3. The summed E-state index contributed by atoms with van der Waals surface area (Å²) in [5.41, 5.74) is 2.47. The van der Waals surface area contributed by atoms with Crippen LogP contribution in [0.3, 0.4) is 0 Å². The van der Waals surface area contributed by atoms with Gasteiger partial charge in [0.15, 0.2) is 6.10 Å². The van der Waals surface area contributed by atoms with Gasteiger partial charge in [-0.2, -0.15) is 0 Å². The summed E-state index contributed by atoms with van der Waals surface area (Å²) in [6.07, 6.45) is -0.977. The van der Waals surface area contributed by atoms with E-state index < -0.39 is 18.0 Å². The van der Waals surface area contributed by atoms with Crippen molar-refractivity contribution in [3.63, 3.8) is 0 Å². The first-order chi connectivity index (χ1) is 12.8. The molecule has 1 atom stereocenters. The first-order valence-electron chi connectivity index (χ1n) is 8.38. The average Bonchev–Trinajstić information content (AvgIpc) is 2.64. The van der Waals surface area contributed by atoms with Crippen molar-refractivity contribution in [2.75, 3.05) is 5.32 Å². The molecule has 0 aliphatic carbocycles. The zero-order chi connectivity index (χ0) is 20.0. The monoisotopic (exact) mass is 388 g/mol. The Morgan fingerprint density at radius 1 is 1.11 bits per heavy atom. The predicted octanol–water partition coefficient (Wildman–Crippen LogP) is 3.47. The number of anilines is 1. The van der Waals surface area contributed by atoms with Gasteiger partial charge in [0.2, 0.25) is 5.91 Å². The van der Waals surface area contributed by atoms with Crippen LogP contribution in [0.4, 0.5) is 5.69 Å². The van der Waals surface area contributed by atoms with Gasteiger partial charge in [0.25, 0.3) is 5.91 Å². The molecule has 1 unspecified atom stereocenters. The highest BCUT2D eigenvalue weighted by Gasteiger charge is 2.20. The predicted molar refractivity (Wildman–Crippen MR) is 104 cm³/mol. The van der Waals surface area contributed by atoms with E-state index in [0.29, 0.717) is 22.8 Å². The molecule has 0 saturated carbocycles. The summed E-state index contributed by atoms with van der Waals surface area (Å²) >= 11 is 6.03. The summed E-state index contributed by atoms with van der Waals surface area (Å²) in [6, 6.07) is 11.8. The van der Waals surface area contributed by atoms with Gasteiger partial charge in [-0.15, -0.1) is 0 Å². The smallest absolute Gasteiger partial charge is 0.338 e. The number of hydrogen-bond acceptors (Lipinski definition) is 4. The van der Waals surface area contributed by atoms with Crippen molar-refractivity contribution in [1.82, 2.24) is 5.32 Å². The van der Waals surface area contributed by atoms with Gasteiger partial charge in [-0.1, -0.05) is 29.8 Å². The number of rotatable bonds is 6. The lowest BCUT2D eigenvalue weighted by atomic mass is 10.1. The first-order valence-corrected chi connectivity index (χ1v) is 8.76. The van der Waals surface area contributed by atoms with E-state index in [-0.39, 0.29) is 5.91 Å². The van der Waals surface area contributed by atoms with Gasteiger partial charge in [0.1, 0.15) is 0 Å². The van der Waals surface area contributed by atoms with Gasteiger partial charge in [0.05, 0.1) is 5.56 Å². The third kappa shape index (κ3) is 5.82. The van der Waals surface area contributed by atoms with Crippen LogP contribution in [0.25, 0.3) is 0 Å². The highest BCUT2D eigenvalue weighted by molar-refractivity contribution is 6.31. The Hall–Kier alpha value is -2.86. The molecule has 6 nitrogen and oxygen atoms in total. The Labute approximate surface area is 162 Å². The van der Waals surface area contributed by atoms with E-state index in [2.05, 4.69) is 10.6 Å². The van der Waals surface area contributed by atoms with Crippen LogP contribution in [0.2, 0.25) is 5.02 Å². The van der Waals surface area contributed by atoms with Crippen LogP contribution in [0.1, 0.15) is 35.3 Å². The molecule has 0 aliphatic heterocycles. The SMILES string of the molecule is CC(=O)NCc1ccc(C(=O)OC(C)C(=O)Nc2cccc(Cl)c2C)cc1. The van der Waals surface area contributed by atoms with E-state index >= 15 is 0 Å². The van der Waals surface area contributed by atoms with E-state index in [1.165, 1.54) is 13.8 Å². The van der Waals surface area contributed by atoms with Gasteiger partial charge < -0.3 is 15.4 Å². The van der Waals surface area contributed by atoms with E-state index in [0.717, 1.165) is 11.1 Å². The van der Waals surface area contributed by atoms with Crippen molar-refractivity contribution in [3.05, 3.63) is 64.2 Å². The molecule has 27 heavy (non-hydrogen) atoms. The van der Waals surface area contributed by atoms with Crippen molar-refractivity contribution >= 4 is 35.1 Å². The molecule has 0 aliphatic rings. The van der Waals surface area contributed by atoms with E-state index in [1.807, 2.05) is 0 Å². The average molecular weight is 389 g/mol. The van der Waals surface area contributed by atoms with E-state index in [4.69, 9.17) is 16.3 Å². The lowest BCUT2D eigenvalue weighted by molar-refractivity contribution is -0.123. The molecule has 2 aromatic rings. The molecular weight excluding hydrogens is 368 g/mol. The number of amides is 2. The molecule has 2 amide bonds. The largest absolute Gasteiger partial charge is 0.449 e. The fraction of sp³-hybridized carbons (Fsp3) is 0.250. The summed E-state index contributed by atoms with van der Waals surface area (Å²) < 4.78 is 5.22. The minimum absolute atomic E-state index is 0.131. The highest BCUT2D eigenvalue weighted by Crippen LogP contribution is 2.23. The van der Waals surface area contributed by atoms with Crippen molar-refractivity contribution in [3.8, 4) is 0 Å². The minimum atomic E-state index is -0.977. The second kappa shape index (κ2) is 9.19. The Morgan fingerprint density at radius 2 is 1.78 bits per heavy atom. The maximum atomic E-state index is 12.3. The summed E-state index contributed by atoms with van der Waals surface area (Å²) in [7, 11) is 0. The topological polar surface area (TPSA) is 84.5 Å². The lowest BCUT2D eigenvalue weighted by Crippen LogP contribution is -2.30. The van der Waals surface area contributed by atoms with Gasteiger partial charge in [-0.05, 0) is 49.2 Å². The molecule has 2 aromatic carbocycles. The number of halogens is 1. The standard InChI is InChI=1S/C20H21ClN2O4/c1-12-17(21)5-4-6-18(12)23-19(25)13(2)27-20(26)16-9-7-15(8-10-16)11-22-14(3)24/h4-10,13H,11H2,1-3H3,(H,22,24)(H,23,25). The zero-order valence-corrected chi connectivity index (χ0v) is 16.1. The Morgan fingerprint density at radius 3 is 2.41 bits per heavy atom. The van der Waals surface area contributed by atoms with Crippen molar-refractivity contribution in [2.24, 2.45) is 0 Å². The molecule has 2 rings (SSSR count). The third-order valence-corrected chi connectivity index (χ3v) is 4.32. The molecular formula is C20H21ClN2O4. The molecule has 0 fully saturated rings. The van der Waals surface area contributed by atoms with E-state index in [9.17, 15) is 14.4 Å². The number of benzene rings is 2. The Bertz CT molecular complexity index is 850. The Balaban J connectivity index is 1.95. The second-order valence-corrected chi connectivity index (χ2v) is 6.46. The number of hydrogen-bond donors (Lipinski definition) is 2. The number of carbonyl (C=O) groups excluding carboxylic acids is 3. The summed E-state index contributed by atoms with van der Waals surface area (Å²) in [4.78, 5) is 35.4. The van der Waals surface area contributed by atoms with Crippen molar-refractivity contribution in [1.29, 1.82) is 0 Å². The molecule has 2 N–H and O–H groups in total. The van der Waals surface area contributed by atoms with Gasteiger partial charge in [0, 0.05) is 24.2 Å². The summed E-state index contributed by atoms with van der Waals surface area (Å²) in [5.74, 6) is -1.18. The molecule has 0 radical (unpaired) electrons. The number of ether oxygens (including phenoxy) is 1. The number of carbonyl (C=O) groups is 3. The van der Waals surface area contributed by atoms with Gasteiger partial charge >= 0.3 is 5.97 Å². The van der Waals surface area contributed by atoms with Gasteiger partial charge in [-0.25, -0.2) is 4.79 Å². The summed E-state index contributed by atoms with van der Waals surface area (Å²) in [6.45, 7) is 5.10. The van der Waals surface area contributed by atoms with Crippen LogP contribution in [0.5, 0.6) is 0 Å². The first kappa shape index (κ1) is 20.5. The van der Waals surface area contributed by atoms with Crippen LogP contribution >= 0.6 is 11.6 Å². The Kier molecular flexibility index (Phi) is 6.96. The van der Waals surface area contributed by atoms with Crippen LogP contribution in [-0.4, -0.2) is 23.9 Å². The normalized spacial score (nSPS) is 11.4. The van der Waals surface area contributed by atoms with Crippen molar-refractivity contribution < 1.29 is 19.1 Å². The quantitative estimate of drug-likeness (QED) is 0.742. The maximum Gasteiger partial charge on any atom is 0.338 e. The second-order valence-electron chi connectivity index (χ2n) is 6.06.